The maximum Gasteiger partial charge on any atom is 0.266 e. The molecule has 0 radical (unpaired) electrons. The topological polar surface area (TPSA) is 56.6 Å². The van der Waals surface area contributed by atoms with E-state index in [4.69, 9.17) is 26.8 Å². The van der Waals surface area contributed by atoms with Crippen LogP contribution in [-0.2, 0) is 9.53 Å². The minimum absolute atomic E-state index is 0.0735. The van der Waals surface area contributed by atoms with Crippen molar-refractivity contribution in [3.05, 3.63) is 70.8 Å². The fourth-order valence-corrected chi connectivity index (χ4v) is 5.30. The van der Waals surface area contributed by atoms with Crippen LogP contribution in [0.25, 0.3) is 23.0 Å². The number of nitrogens with zero attached hydrogens (tertiary/aromatic N) is 3. The Bertz CT molecular complexity index is 1280. The first-order valence-electron chi connectivity index (χ1n) is 12.6. The van der Waals surface area contributed by atoms with E-state index in [0.717, 1.165) is 40.2 Å². The Kier molecular flexibility index (Phi) is 9.18. The highest BCUT2D eigenvalue weighted by Crippen LogP contribution is 2.37. The molecule has 2 heterocycles. The monoisotopic (exact) mass is 535 g/mol. The summed E-state index contributed by atoms with van der Waals surface area (Å²) in [7, 11) is 0. The van der Waals surface area contributed by atoms with E-state index in [1.165, 1.54) is 11.8 Å². The van der Waals surface area contributed by atoms with Crippen LogP contribution in [0.2, 0.25) is 0 Å². The number of para-hydroxylation sites is 1. The van der Waals surface area contributed by atoms with E-state index >= 15 is 0 Å². The molecule has 1 saturated heterocycles. The standard InChI is InChI=1S/C29H33N3O3S2/c1-5-34-16-10-15-31-28(33)26(37-29(31)36)17-22-18-32(23-11-7-6-8-12-23)30-27(22)24-13-9-14-25(21(24)4)35-19-20(2)3/h6-9,11-14,17-18,20H,5,10,15-16,19H2,1-4H3. The summed E-state index contributed by atoms with van der Waals surface area (Å²) in [6, 6.07) is 16.0. The molecule has 0 saturated carbocycles. The van der Waals surface area contributed by atoms with Gasteiger partial charge in [0.05, 0.1) is 17.2 Å². The summed E-state index contributed by atoms with van der Waals surface area (Å²) < 4.78 is 13.9. The smallest absolute Gasteiger partial charge is 0.266 e. The van der Waals surface area contributed by atoms with Gasteiger partial charge in [0.1, 0.15) is 15.8 Å². The molecule has 37 heavy (non-hydrogen) atoms. The van der Waals surface area contributed by atoms with Gasteiger partial charge in [-0.25, -0.2) is 4.68 Å². The molecule has 8 heteroatoms. The van der Waals surface area contributed by atoms with Crippen molar-refractivity contribution in [2.75, 3.05) is 26.4 Å². The second kappa shape index (κ2) is 12.5. The lowest BCUT2D eigenvalue weighted by Gasteiger charge is -2.14. The van der Waals surface area contributed by atoms with Crippen LogP contribution in [0.5, 0.6) is 5.75 Å². The largest absolute Gasteiger partial charge is 0.493 e. The molecule has 1 aromatic heterocycles. The van der Waals surface area contributed by atoms with Crippen LogP contribution in [0.1, 0.15) is 38.3 Å². The van der Waals surface area contributed by atoms with E-state index in [-0.39, 0.29) is 5.91 Å². The second-order valence-corrected chi connectivity index (χ2v) is 10.9. The molecule has 0 N–H and O–H groups in total. The molecule has 4 rings (SSSR count). The molecular weight excluding hydrogens is 502 g/mol. The Hall–Kier alpha value is -2.94. The molecule has 0 atom stereocenters. The van der Waals surface area contributed by atoms with Gasteiger partial charge in [0.2, 0.25) is 0 Å². The summed E-state index contributed by atoms with van der Waals surface area (Å²) in [6.45, 7) is 10.7. The number of thiocarbonyl (C=S) groups is 1. The summed E-state index contributed by atoms with van der Waals surface area (Å²) >= 11 is 6.87. The first-order valence-corrected chi connectivity index (χ1v) is 13.8. The van der Waals surface area contributed by atoms with Gasteiger partial charge < -0.3 is 9.47 Å². The van der Waals surface area contributed by atoms with Gasteiger partial charge in [0, 0.05) is 42.6 Å². The van der Waals surface area contributed by atoms with Gasteiger partial charge in [-0.3, -0.25) is 9.69 Å². The van der Waals surface area contributed by atoms with E-state index in [1.54, 1.807) is 4.90 Å². The molecule has 1 aliphatic heterocycles. The molecule has 2 aromatic carbocycles. The third kappa shape index (κ3) is 6.50. The molecule has 6 nitrogen and oxygen atoms in total. The Morgan fingerprint density at radius 2 is 1.92 bits per heavy atom. The fraction of sp³-hybridized carbons (Fsp3) is 0.345. The lowest BCUT2D eigenvalue weighted by Crippen LogP contribution is -2.29. The van der Waals surface area contributed by atoms with Crippen LogP contribution < -0.4 is 4.74 Å². The van der Waals surface area contributed by atoms with E-state index in [1.807, 2.05) is 79.3 Å². The predicted molar refractivity (Wildman–Crippen MR) is 155 cm³/mol. The van der Waals surface area contributed by atoms with Crippen molar-refractivity contribution < 1.29 is 14.3 Å². The summed E-state index contributed by atoms with van der Waals surface area (Å²) in [5, 5.41) is 4.96. The van der Waals surface area contributed by atoms with Gasteiger partial charge in [-0.2, -0.15) is 5.10 Å². The van der Waals surface area contributed by atoms with E-state index < -0.39 is 0 Å². The number of aromatic nitrogens is 2. The first kappa shape index (κ1) is 27.1. The number of hydrogen-bond donors (Lipinski definition) is 0. The van der Waals surface area contributed by atoms with Gasteiger partial charge in [-0.15, -0.1) is 0 Å². The Balaban J connectivity index is 1.71. The quantitative estimate of drug-likeness (QED) is 0.158. The highest BCUT2D eigenvalue weighted by molar-refractivity contribution is 8.26. The number of benzene rings is 2. The molecule has 0 unspecified atom stereocenters. The van der Waals surface area contributed by atoms with E-state index in [9.17, 15) is 4.79 Å². The van der Waals surface area contributed by atoms with Crippen LogP contribution in [0.3, 0.4) is 0 Å². The number of carbonyl (C=O) groups is 1. The fourth-order valence-electron chi connectivity index (χ4n) is 4.00. The number of rotatable bonds is 11. The zero-order valence-corrected chi connectivity index (χ0v) is 23.4. The molecule has 1 amide bonds. The third-order valence-corrected chi connectivity index (χ3v) is 7.29. The maximum atomic E-state index is 13.2. The molecule has 3 aromatic rings. The van der Waals surface area contributed by atoms with E-state index in [0.29, 0.717) is 41.5 Å². The zero-order chi connectivity index (χ0) is 26.4. The molecule has 194 valence electrons. The minimum atomic E-state index is -0.0735. The second-order valence-electron chi connectivity index (χ2n) is 9.23. The molecule has 0 spiro atoms. The van der Waals surface area contributed by atoms with Crippen molar-refractivity contribution in [3.63, 3.8) is 0 Å². The average molecular weight is 536 g/mol. The predicted octanol–water partition coefficient (Wildman–Crippen LogP) is 6.51. The van der Waals surface area contributed by atoms with Gasteiger partial charge in [0.15, 0.2) is 0 Å². The number of ether oxygens (including phenoxy) is 2. The van der Waals surface area contributed by atoms with Crippen molar-refractivity contribution in [1.29, 1.82) is 0 Å². The van der Waals surface area contributed by atoms with Crippen molar-refractivity contribution in [3.8, 4) is 22.7 Å². The highest BCUT2D eigenvalue weighted by Gasteiger charge is 2.32. The SMILES string of the molecule is CCOCCCN1C(=O)C(=Cc2cn(-c3ccccc3)nc2-c2cccc(OCC(C)C)c2C)SC1=S. The number of hydrogen-bond acceptors (Lipinski definition) is 6. The maximum absolute atomic E-state index is 13.2. The molecule has 0 bridgehead atoms. The number of thioether (sulfide) groups is 1. The van der Waals surface area contributed by atoms with Gasteiger partial charge in [-0.1, -0.05) is 68.2 Å². The summed E-state index contributed by atoms with van der Waals surface area (Å²) in [4.78, 5) is 15.5. The Morgan fingerprint density at radius 1 is 1.14 bits per heavy atom. The van der Waals surface area contributed by atoms with Gasteiger partial charge >= 0.3 is 0 Å². The number of carbonyl (C=O) groups excluding carboxylic acids is 1. The van der Waals surface area contributed by atoms with Crippen molar-refractivity contribution in [2.24, 2.45) is 5.92 Å². The summed E-state index contributed by atoms with van der Waals surface area (Å²) in [6.07, 6.45) is 4.62. The highest BCUT2D eigenvalue weighted by atomic mass is 32.2. The van der Waals surface area contributed by atoms with Crippen molar-refractivity contribution >= 4 is 40.3 Å². The lowest BCUT2D eigenvalue weighted by atomic mass is 10.0. The zero-order valence-electron chi connectivity index (χ0n) is 21.8. The van der Waals surface area contributed by atoms with Crippen LogP contribution in [-0.4, -0.2) is 51.3 Å². The minimum Gasteiger partial charge on any atom is -0.493 e. The Morgan fingerprint density at radius 3 is 2.65 bits per heavy atom. The third-order valence-electron chi connectivity index (χ3n) is 5.91. The first-order chi connectivity index (χ1) is 17.9. The molecule has 1 fully saturated rings. The van der Waals surface area contributed by atoms with Crippen molar-refractivity contribution in [2.45, 2.75) is 34.1 Å². The lowest BCUT2D eigenvalue weighted by molar-refractivity contribution is -0.122. The molecular formula is C29H33N3O3S2. The van der Waals surface area contributed by atoms with Crippen LogP contribution in [0, 0.1) is 12.8 Å². The van der Waals surface area contributed by atoms with Crippen LogP contribution in [0.4, 0.5) is 0 Å². The van der Waals surface area contributed by atoms with Gasteiger partial charge in [-0.05, 0) is 50.5 Å². The summed E-state index contributed by atoms with van der Waals surface area (Å²) in [5.74, 6) is 1.19. The normalized spacial score (nSPS) is 14.8. The Labute approximate surface area is 228 Å². The molecule has 0 aliphatic carbocycles. The van der Waals surface area contributed by atoms with Crippen LogP contribution >= 0.6 is 24.0 Å². The van der Waals surface area contributed by atoms with Crippen LogP contribution in [0.15, 0.2) is 59.6 Å². The number of amides is 1. The molecule has 1 aliphatic rings. The van der Waals surface area contributed by atoms with E-state index in [2.05, 4.69) is 13.8 Å². The van der Waals surface area contributed by atoms with Crippen molar-refractivity contribution in [1.82, 2.24) is 14.7 Å². The average Bonchev–Trinajstić information content (AvgIpc) is 3.42. The summed E-state index contributed by atoms with van der Waals surface area (Å²) in [5.41, 5.74) is 4.56. The van der Waals surface area contributed by atoms with Gasteiger partial charge in [0.25, 0.3) is 5.91 Å².